The molecule has 2 aromatic rings. The zero-order valence-corrected chi connectivity index (χ0v) is 19.5. The van der Waals surface area contributed by atoms with E-state index in [1.165, 1.54) is 0 Å². The minimum absolute atomic E-state index is 0.485. The number of rotatable bonds is 10. The fourth-order valence-corrected chi connectivity index (χ4v) is 3.61. The molecule has 7 heteroatoms. The Morgan fingerprint density at radius 2 is 1.57 bits per heavy atom. The molecular weight excluding hydrogens is 396 g/mol. The van der Waals surface area contributed by atoms with Crippen molar-refractivity contribution in [2.24, 2.45) is 10.2 Å². The van der Waals surface area contributed by atoms with Gasteiger partial charge in [-0.1, -0.05) is 24.6 Å². The SMILES string of the molecule is Cc1ccccc1/N=N/c1ccc(NCCCCCNS(=O)(=O)C(C)(C)C)c(C)c1. The fraction of sp³-hybridized carbons (Fsp3) is 0.478. The summed E-state index contributed by atoms with van der Waals surface area (Å²) >= 11 is 0. The summed E-state index contributed by atoms with van der Waals surface area (Å²) in [6.45, 7) is 10.5. The second-order valence-corrected chi connectivity index (χ2v) is 11.0. The molecule has 0 aliphatic rings. The van der Waals surface area contributed by atoms with Gasteiger partial charge in [0.2, 0.25) is 10.0 Å². The third kappa shape index (κ3) is 7.22. The van der Waals surface area contributed by atoms with Gasteiger partial charge in [0, 0.05) is 18.8 Å². The van der Waals surface area contributed by atoms with E-state index in [9.17, 15) is 8.42 Å². The van der Waals surface area contributed by atoms with Gasteiger partial charge in [-0.2, -0.15) is 10.2 Å². The monoisotopic (exact) mass is 430 g/mol. The number of benzene rings is 2. The van der Waals surface area contributed by atoms with Crippen molar-refractivity contribution in [3.05, 3.63) is 53.6 Å². The maximum Gasteiger partial charge on any atom is 0.216 e. The van der Waals surface area contributed by atoms with Crippen LogP contribution in [0.4, 0.5) is 17.1 Å². The molecule has 0 atom stereocenters. The molecule has 0 spiro atoms. The molecule has 0 aliphatic carbocycles. The Bertz CT molecular complexity index is 963. The van der Waals surface area contributed by atoms with Gasteiger partial charge in [-0.3, -0.25) is 0 Å². The zero-order chi connectivity index (χ0) is 22.2. The predicted octanol–water partition coefficient (Wildman–Crippen LogP) is 6.02. The highest BCUT2D eigenvalue weighted by Crippen LogP contribution is 2.25. The average Bonchev–Trinajstić information content (AvgIpc) is 2.67. The van der Waals surface area contributed by atoms with Gasteiger partial charge >= 0.3 is 0 Å². The van der Waals surface area contributed by atoms with Crippen molar-refractivity contribution in [3.8, 4) is 0 Å². The summed E-state index contributed by atoms with van der Waals surface area (Å²) in [5.41, 5.74) is 5.00. The Morgan fingerprint density at radius 1 is 0.867 bits per heavy atom. The predicted molar refractivity (Wildman–Crippen MR) is 126 cm³/mol. The minimum atomic E-state index is -3.25. The molecule has 0 aromatic heterocycles. The number of unbranched alkanes of at least 4 members (excludes halogenated alkanes) is 2. The lowest BCUT2D eigenvalue weighted by atomic mass is 10.1. The molecule has 0 aliphatic heterocycles. The van der Waals surface area contributed by atoms with Crippen LogP contribution in [0.5, 0.6) is 0 Å². The number of nitrogens with zero attached hydrogens (tertiary/aromatic N) is 2. The van der Waals surface area contributed by atoms with Crippen molar-refractivity contribution in [2.75, 3.05) is 18.4 Å². The highest BCUT2D eigenvalue weighted by Gasteiger charge is 2.27. The first kappa shape index (κ1) is 24.0. The van der Waals surface area contributed by atoms with E-state index in [1.54, 1.807) is 20.8 Å². The lowest BCUT2D eigenvalue weighted by Gasteiger charge is -2.19. The number of hydrogen-bond donors (Lipinski definition) is 2. The van der Waals surface area contributed by atoms with Crippen LogP contribution in [0.15, 0.2) is 52.7 Å². The number of azo groups is 1. The molecule has 0 fully saturated rings. The van der Waals surface area contributed by atoms with Crippen LogP contribution >= 0.6 is 0 Å². The van der Waals surface area contributed by atoms with Crippen LogP contribution in [0, 0.1) is 13.8 Å². The molecule has 0 unspecified atom stereocenters. The number of aryl methyl sites for hydroxylation is 2. The smallest absolute Gasteiger partial charge is 0.216 e. The Labute approximate surface area is 181 Å². The number of sulfonamides is 1. The number of hydrogen-bond acceptors (Lipinski definition) is 5. The van der Waals surface area contributed by atoms with Crippen molar-refractivity contribution in [2.45, 2.75) is 58.6 Å². The molecule has 0 radical (unpaired) electrons. The normalized spacial score (nSPS) is 12.4. The van der Waals surface area contributed by atoms with E-state index in [1.807, 2.05) is 49.4 Å². The summed E-state index contributed by atoms with van der Waals surface area (Å²) in [6.07, 6.45) is 2.76. The van der Waals surface area contributed by atoms with Gasteiger partial charge < -0.3 is 5.32 Å². The first-order valence-electron chi connectivity index (χ1n) is 10.4. The van der Waals surface area contributed by atoms with Crippen LogP contribution in [0.2, 0.25) is 0 Å². The molecule has 164 valence electrons. The first-order chi connectivity index (χ1) is 14.1. The highest BCUT2D eigenvalue weighted by atomic mass is 32.2. The van der Waals surface area contributed by atoms with Gasteiger partial charge in [-0.25, -0.2) is 13.1 Å². The maximum absolute atomic E-state index is 12.0. The molecule has 0 heterocycles. The van der Waals surface area contributed by atoms with Gasteiger partial charge in [0.15, 0.2) is 0 Å². The lowest BCUT2D eigenvalue weighted by molar-refractivity contribution is 0.540. The van der Waals surface area contributed by atoms with Crippen molar-refractivity contribution in [1.82, 2.24) is 4.72 Å². The molecule has 30 heavy (non-hydrogen) atoms. The Hall–Kier alpha value is -2.25. The molecule has 2 aromatic carbocycles. The largest absolute Gasteiger partial charge is 0.385 e. The average molecular weight is 431 g/mol. The van der Waals surface area contributed by atoms with Crippen LogP contribution in [0.1, 0.15) is 51.2 Å². The van der Waals surface area contributed by atoms with Crippen molar-refractivity contribution in [1.29, 1.82) is 0 Å². The van der Waals surface area contributed by atoms with Crippen LogP contribution in [0.25, 0.3) is 0 Å². The topological polar surface area (TPSA) is 82.9 Å². The first-order valence-corrected chi connectivity index (χ1v) is 11.9. The standard InChI is InChI=1S/C23H34N4O2S/c1-18-11-7-8-12-22(18)27-26-20-13-14-21(19(2)17-20)24-15-9-6-10-16-25-30(28,29)23(3,4)5/h7-8,11-14,17,24-25H,6,9-10,15-16H2,1-5H3/b27-26+. The minimum Gasteiger partial charge on any atom is -0.385 e. The summed E-state index contributed by atoms with van der Waals surface area (Å²) < 4.78 is 25.9. The second-order valence-electron chi connectivity index (χ2n) is 8.48. The quantitative estimate of drug-likeness (QED) is 0.357. The summed E-state index contributed by atoms with van der Waals surface area (Å²) in [5, 5.41) is 12.1. The molecule has 0 saturated carbocycles. The number of nitrogens with one attached hydrogen (secondary N) is 2. The van der Waals surface area contributed by atoms with Gasteiger partial charge in [0.25, 0.3) is 0 Å². The van der Waals surface area contributed by atoms with E-state index in [4.69, 9.17) is 0 Å². The molecule has 6 nitrogen and oxygen atoms in total. The second kappa shape index (κ2) is 10.7. The van der Waals surface area contributed by atoms with E-state index in [2.05, 4.69) is 27.2 Å². The lowest BCUT2D eigenvalue weighted by Crippen LogP contribution is -2.39. The number of anilines is 1. The zero-order valence-electron chi connectivity index (χ0n) is 18.7. The van der Waals surface area contributed by atoms with Crippen LogP contribution < -0.4 is 10.0 Å². The Kier molecular flexibility index (Phi) is 8.55. The molecule has 0 bridgehead atoms. The Balaban J connectivity index is 1.75. The van der Waals surface area contributed by atoms with Crippen molar-refractivity contribution in [3.63, 3.8) is 0 Å². The van der Waals surface area contributed by atoms with E-state index >= 15 is 0 Å². The van der Waals surface area contributed by atoms with E-state index < -0.39 is 14.8 Å². The Morgan fingerprint density at radius 3 is 2.23 bits per heavy atom. The van der Waals surface area contributed by atoms with E-state index in [0.29, 0.717) is 6.54 Å². The van der Waals surface area contributed by atoms with E-state index in [-0.39, 0.29) is 0 Å². The molecule has 2 rings (SSSR count). The van der Waals surface area contributed by atoms with Crippen molar-refractivity contribution >= 4 is 27.1 Å². The van der Waals surface area contributed by atoms with Gasteiger partial charge in [-0.15, -0.1) is 0 Å². The maximum atomic E-state index is 12.0. The molecule has 0 amide bonds. The summed E-state index contributed by atoms with van der Waals surface area (Å²) in [5.74, 6) is 0. The van der Waals surface area contributed by atoms with Crippen LogP contribution in [-0.4, -0.2) is 26.3 Å². The van der Waals surface area contributed by atoms with Crippen LogP contribution in [-0.2, 0) is 10.0 Å². The van der Waals surface area contributed by atoms with Crippen molar-refractivity contribution < 1.29 is 8.42 Å². The summed E-state index contributed by atoms with van der Waals surface area (Å²) in [6, 6.07) is 13.9. The van der Waals surface area contributed by atoms with Gasteiger partial charge in [0.1, 0.15) is 0 Å². The molecular formula is C23H34N4O2S. The highest BCUT2D eigenvalue weighted by molar-refractivity contribution is 7.90. The summed E-state index contributed by atoms with van der Waals surface area (Å²) in [4.78, 5) is 0. The molecule has 0 saturated heterocycles. The van der Waals surface area contributed by atoms with E-state index in [0.717, 1.165) is 54.0 Å². The van der Waals surface area contributed by atoms with Gasteiger partial charge in [-0.05, 0) is 82.9 Å². The van der Waals surface area contributed by atoms with Crippen LogP contribution in [0.3, 0.4) is 0 Å². The van der Waals surface area contributed by atoms with Gasteiger partial charge in [0.05, 0.1) is 16.1 Å². The summed E-state index contributed by atoms with van der Waals surface area (Å²) in [7, 11) is -3.25. The third-order valence-electron chi connectivity index (χ3n) is 4.87. The molecule has 2 N–H and O–H groups in total. The third-order valence-corrected chi connectivity index (χ3v) is 7.06. The fourth-order valence-electron chi connectivity index (χ4n) is 2.77.